The molecule has 1 atom stereocenters. The van der Waals surface area contributed by atoms with Crippen LogP contribution in [0.25, 0.3) is 0 Å². The Morgan fingerprint density at radius 2 is 2.00 bits per heavy atom. The summed E-state index contributed by atoms with van der Waals surface area (Å²) >= 11 is 0. The van der Waals surface area contributed by atoms with E-state index in [9.17, 15) is 14.7 Å². The number of benzene rings is 1. The first kappa shape index (κ1) is 12.0. The van der Waals surface area contributed by atoms with Crippen molar-refractivity contribution in [3.8, 4) is 5.75 Å². The second-order valence-electron chi connectivity index (χ2n) is 3.48. The Balaban J connectivity index is 2.89. The minimum Gasteiger partial charge on any atom is -0.508 e. The Morgan fingerprint density at radius 3 is 2.56 bits per heavy atom. The number of phenolic OH excluding ortho intramolecular Hbond substituents is 1. The highest BCUT2D eigenvalue weighted by atomic mass is 16.4. The van der Waals surface area contributed by atoms with Crippen molar-refractivity contribution < 1.29 is 19.8 Å². The van der Waals surface area contributed by atoms with Crippen LogP contribution in [0.15, 0.2) is 18.2 Å². The molecule has 1 unspecified atom stereocenters. The van der Waals surface area contributed by atoms with Gasteiger partial charge in [-0.05, 0) is 26.0 Å². The van der Waals surface area contributed by atoms with Crippen LogP contribution in [-0.2, 0) is 4.79 Å². The van der Waals surface area contributed by atoms with Gasteiger partial charge < -0.3 is 15.5 Å². The van der Waals surface area contributed by atoms with Gasteiger partial charge >= 0.3 is 5.97 Å². The van der Waals surface area contributed by atoms with Gasteiger partial charge in [0.05, 0.1) is 0 Å². The van der Waals surface area contributed by atoms with E-state index in [4.69, 9.17) is 5.11 Å². The number of aromatic hydroxyl groups is 1. The highest BCUT2D eigenvalue weighted by Gasteiger charge is 2.17. The molecule has 0 saturated carbocycles. The molecular formula is C11H13NO4. The maximum atomic E-state index is 11.6. The molecule has 86 valence electrons. The summed E-state index contributed by atoms with van der Waals surface area (Å²) in [6.45, 7) is 2.97. The molecule has 0 bridgehead atoms. The monoisotopic (exact) mass is 223 g/mol. The minimum atomic E-state index is -1.11. The second-order valence-corrected chi connectivity index (χ2v) is 3.48. The third-order valence-corrected chi connectivity index (χ3v) is 2.27. The van der Waals surface area contributed by atoms with Crippen LogP contribution in [0.2, 0.25) is 0 Å². The van der Waals surface area contributed by atoms with E-state index in [1.807, 2.05) is 0 Å². The summed E-state index contributed by atoms with van der Waals surface area (Å²) in [7, 11) is 0. The molecule has 0 heterocycles. The lowest BCUT2D eigenvalue weighted by atomic mass is 10.1. The summed E-state index contributed by atoms with van der Waals surface area (Å²) in [5.41, 5.74) is 0.700. The first-order valence-corrected chi connectivity index (χ1v) is 4.75. The molecule has 1 rings (SSSR count). The van der Waals surface area contributed by atoms with Gasteiger partial charge in [-0.1, -0.05) is 6.07 Å². The molecule has 0 aromatic heterocycles. The summed E-state index contributed by atoms with van der Waals surface area (Å²) in [4.78, 5) is 22.2. The summed E-state index contributed by atoms with van der Waals surface area (Å²) < 4.78 is 0. The topological polar surface area (TPSA) is 86.6 Å². The zero-order valence-corrected chi connectivity index (χ0v) is 9.02. The number of carboxylic acid groups (broad SMARTS) is 1. The first-order chi connectivity index (χ1) is 7.43. The largest absolute Gasteiger partial charge is 0.508 e. The molecule has 5 heteroatoms. The number of amides is 1. The number of hydrogen-bond acceptors (Lipinski definition) is 3. The van der Waals surface area contributed by atoms with Crippen molar-refractivity contribution in [1.29, 1.82) is 0 Å². The Morgan fingerprint density at radius 1 is 1.38 bits per heavy atom. The van der Waals surface area contributed by atoms with Gasteiger partial charge in [-0.3, -0.25) is 9.59 Å². The van der Waals surface area contributed by atoms with Crippen molar-refractivity contribution in [2.75, 3.05) is 0 Å². The fraction of sp³-hybridized carbons (Fsp3) is 0.273. The van der Waals surface area contributed by atoms with Crippen molar-refractivity contribution in [1.82, 2.24) is 5.32 Å². The second kappa shape index (κ2) is 4.65. The molecule has 1 amide bonds. The standard InChI is InChI=1S/C11H13NO4/c1-6-8(4-3-5-9(6)13)10(14)12-7(2)11(15)16/h3-5,7,13H,1-2H3,(H,12,14)(H,15,16). The van der Waals surface area contributed by atoms with Crippen LogP contribution in [-0.4, -0.2) is 28.1 Å². The van der Waals surface area contributed by atoms with E-state index < -0.39 is 17.9 Å². The lowest BCUT2D eigenvalue weighted by Gasteiger charge is -2.11. The van der Waals surface area contributed by atoms with E-state index in [1.165, 1.54) is 25.1 Å². The van der Waals surface area contributed by atoms with Gasteiger partial charge in [-0.15, -0.1) is 0 Å². The van der Waals surface area contributed by atoms with Crippen LogP contribution in [0.1, 0.15) is 22.8 Å². The lowest BCUT2D eigenvalue weighted by molar-refractivity contribution is -0.138. The van der Waals surface area contributed by atoms with Crippen molar-refractivity contribution in [3.63, 3.8) is 0 Å². The molecule has 0 aliphatic carbocycles. The fourth-order valence-corrected chi connectivity index (χ4v) is 1.21. The van der Waals surface area contributed by atoms with Gasteiger partial charge in [0.1, 0.15) is 11.8 Å². The molecule has 0 fully saturated rings. The SMILES string of the molecule is Cc1c(O)cccc1C(=O)NC(C)C(=O)O. The van der Waals surface area contributed by atoms with Crippen LogP contribution in [0.4, 0.5) is 0 Å². The predicted octanol–water partition coefficient (Wildman–Crippen LogP) is 0.904. The summed E-state index contributed by atoms with van der Waals surface area (Å²) in [5, 5.41) is 20.3. The maximum absolute atomic E-state index is 11.6. The van der Waals surface area contributed by atoms with Gasteiger partial charge in [0.25, 0.3) is 5.91 Å². The van der Waals surface area contributed by atoms with Crippen molar-refractivity contribution >= 4 is 11.9 Å². The molecule has 16 heavy (non-hydrogen) atoms. The third-order valence-electron chi connectivity index (χ3n) is 2.27. The van der Waals surface area contributed by atoms with Crippen LogP contribution in [0.5, 0.6) is 5.75 Å². The highest BCUT2D eigenvalue weighted by molar-refractivity contribution is 5.98. The van der Waals surface area contributed by atoms with Crippen molar-refractivity contribution in [2.45, 2.75) is 19.9 Å². The number of carbonyl (C=O) groups excluding carboxylic acids is 1. The summed E-state index contributed by atoms with van der Waals surface area (Å²) in [5.74, 6) is -1.61. The Hall–Kier alpha value is -2.04. The van der Waals surface area contributed by atoms with Crippen LogP contribution in [0, 0.1) is 6.92 Å². The van der Waals surface area contributed by atoms with Gasteiger partial charge in [0.15, 0.2) is 0 Å². The van der Waals surface area contributed by atoms with Crippen LogP contribution >= 0.6 is 0 Å². The van der Waals surface area contributed by atoms with E-state index in [0.717, 1.165) is 0 Å². The number of phenols is 1. The average molecular weight is 223 g/mol. The number of carbonyl (C=O) groups is 2. The Kier molecular flexibility index (Phi) is 3.50. The molecule has 5 nitrogen and oxygen atoms in total. The van der Waals surface area contributed by atoms with Gasteiger partial charge in [-0.2, -0.15) is 0 Å². The molecule has 1 aromatic carbocycles. The number of rotatable bonds is 3. The van der Waals surface area contributed by atoms with E-state index >= 15 is 0 Å². The normalized spacial score (nSPS) is 11.9. The fourth-order valence-electron chi connectivity index (χ4n) is 1.21. The molecule has 1 aromatic rings. The first-order valence-electron chi connectivity index (χ1n) is 4.75. The summed E-state index contributed by atoms with van der Waals surface area (Å²) in [6, 6.07) is 3.56. The number of nitrogens with one attached hydrogen (secondary N) is 1. The lowest BCUT2D eigenvalue weighted by Crippen LogP contribution is -2.38. The number of carboxylic acids is 1. The van der Waals surface area contributed by atoms with E-state index in [2.05, 4.69) is 5.32 Å². The zero-order chi connectivity index (χ0) is 12.3. The average Bonchev–Trinajstić information content (AvgIpc) is 2.21. The van der Waals surface area contributed by atoms with Gasteiger partial charge in [0, 0.05) is 11.1 Å². The molecular weight excluding hydrogens is 210 g/mol. The third kappa shape index (κ3) is 2.50. The molecule has 0 radical (unpaired) electrons. The van der Waals surface area contributed by atoms with Gasteiger partial charge in [-0.25, -0.2) is 0 Å². The molecule has 0 aliphatic heterocycles. The van der Waals surface area contributed by atoms with Crippen LogP contribution in [0.3, 0.4) is 0 Å². The molecule has 3 N–H and O–H groups in total. The van der Waals surface area contributed by atoms with E-state index in [-0.39, 0.29) is 11.3 Å². The van der Waals surface area contributed by atoms with E-state index in [1.54, 1.807) is 6.92 Å². The summed E-state index contributed by atoms with van der Waals surface area (Å²) in [6.07, 6.45) is 0. The van der Waals surface area contributed by atoms with Crippen LogP contribution < -0.4 is 5.32 Å². The van der Waals surface area contributed by atoms with E-state index in [0.29, 0.717) is 5.56 Å². The predicted molar refractivity (Wildman–Crippen MR) is 57.4 cm³/mol. The molecule has 0 aliphatic rings. The zero-order valence-electron chi connectivity index (χ0n) is 9.02. The van der Waals surface area contributed by atoms with Gasteiger partial charge in [0.2, 0.25) is 0 Å². The number of hydrogen-bond donors (Lipinski definition) is 3. The van der Waals surface area contributed by atoms with Crippen molar-refractivity contribution in [2.24, 2.45) is 0 Å². The molecule has 0 saturated heterocycles. The Labute approximate surface area is 92.7 Å². The van der Waals surface area contributed by atoms with Crippen molar-refractivity contribution in [3.05, 3.63) is 29.3 Å². The molecule has 0 spiro atoms. The highest BCUT2D eigenvalue weighted by Crippen LogP contribution is 2.19. The maximum Gasteiger partial charge on any atom is 0.325 e. The number of aliphatic carboxylic acids is 1. The smallest absolute Gasteiger partial charge is 0.325 e. The Bertz CT molecular complexity index is 428. The minimum absolute atomic E-state index is 0.00984. The quantitative estimate of drug-likeness (QED) is 0.710.